The van der Waals surface area contributed by atoms with Gasteiger partial charge >= 0.3 is 0 Å². The lowest BCUT2D eigenvalue weighted by Crippen LogP contribution is -1.83. The number of hydrogen-bond acceptors (Lipinski definition) is 1. The molecule has 0 radical (unpaired) electrons. The zero-order valence-corrected chi connectivity index (χ0v) is 7.86. The lowest BCUT2D eigenvalue weighted by Gasteiger charge is -2.02. The SMILES string of the molecule is CP(C)CCCCCC=O. The Morgan fingerprint density at radius 2 is 1.90 bits per heavy atom. The summed E-state index contributed by atoms with van der Waals surface area (Å²) < 4.78 is 0. The highest BCUT2D eigenvalue weighted by Crippen LogP contribution is 2.25. The summed E-state index contributed by atoms with van der Waals surface area (Å²) >= 11 is 0. The van der Waals surface area contributed by atoms with Crippen molar-refractivity contribution in [2.45, 2.75) is 25.7 Å². The van der Waals surface area contributed by atoms with Crippen LogP contribution in [0.1, 0.15) is 25.7 Å². The van der Waals surface area contributed by atoms with Crippen molar-refractivity contribution in [3.05, 3.63) is 0 Å². The molecule has 0 aromatic rings. The van der Waals surface area contributed by atoms with Gasteiger partial charge in [-0.15, -0.1) is 7.92 Å². The Hall–Kier alpha value is 0.100. The number of hydrogen-bond donors (Lipinski definition) is 0. The summed E-state index contributed by atoms with van der Waals surface area (Å²) in [6, 6.07) is 0. The molecule has 0 aliphatic rings. The second-order valence-electron chi connectivity index (χ2n) is 2.82. The van der Waals surface area contributed by atoms with Gasteiger partial charge in [0, 0.05) is 6.42 Å². The monoisotopic (exact) mass is 160 g/mol. The summed E-state index contributed by atoms with van der Waals surface area (Å²) in [7, 11) is 0.290. The van der Waals surface area contributed by atoms with Crippen LogP contribution in [0.4, 0.5) is 0 Å². The smallest absolute Gasteiger partial charge is 0.119 e. The van der Waals surface area contributed by atoms with E-state index in [2.05, 4.69) is 13.3 Å². The average Bonchev–Trinajstić information content (AvgIpc) is 1.87. The van der Waals surface area contributed by atoms with Gasteiger partial charge in [0.2, 0.25) is 0 Å². The van der Waals surface area contributed by atoms with Crippen molar-refractivity contribution in [2.75, 3.05) is 19.5 Å². The number of rotatable bonds is 6. The van der Waals surface area contributed by atoms with Crippen molar-refractivity contribution >= 4 is 14.2 Å². The molecule has 60 valence electrons. The summed E-state index contributed by atoms with van der Waals surface area (Å²) in [4.78, 5) is 9.91. The van der Waals surface area contributed by atoms with E-state index in [-0.39, 0.29) is 0 Å². The highest BCUT2D eigenvalue weighted by atomic mass is 31.1. The van der Waals surface area contributed by atoms with Gasteiger partial charge in [-0.3, -0.25) is 0 Å². The minimum atomic E-state index is 0.290. The molecule has 0 aromatic carbocycles. The van der Waals surface area contributed by atoms with Crippen LogP contribution in [0.3, 0.4) is 0 Å². The van der Waals surface area contributed by atoms with E-state index in [4.69, 9.17) is 0 Å². The Bertz CT molecular complexity index is 81.3. The van der Waals surface area contributed by atoms with Crippen LogP contribution in [0.15, 0.2) is 0 Å². The van der Waals surface area contributed by atoms with Crippen molar-refractivity contribution in [1.29, 1.82) is 0 Å². The molecule has 0 spiro atoms. The van der Waals surface area contributed by atoms with Crippen LogP contribution in [0.5, 0.6) is 0 Å². The fraction of sp³-hybridized carbons (Fsp3) is 0.875. The molecule has 0 amide bonds. The molecule has 0 fully saturated rings. The lowest BCUT2D eigenvalue weighted by atomic mass is 10.2. The molecule has 0 heterocycles. The Morgan fingerprint density at radius 1 is 1.20 bits per heavy atom. The van der Waals surface area contributed by atoms with Crippen molar-refractivity contribution in [1.82, 2.24) is 0 Å². The minimum Gasteiger partial charge on any atom is -0.303 e. The number of carbonyl (C=O) groups is 1. The molecule has 0 unspecified atom stereocenters. The summed E-state index contributed by atoms with van der Waals surface area (Å²) in [5.41, 5.74) is 0. The molecule has 0 rings (SSSR count). The normalized spacial score (nSPS) is 10.3. The van der Waals surface area contributed by atoms with Crippen LogP contribution in [0.2, 0.25) is 0 Å². The zero-order chi connectivity index (χ0) is 7.82. The predicted molar refractivity (Wildman–Crippen MR) is 48.2 cm³/mol. The number of carbonyl (C=O) groups excluding carboxylic acids is 1. The van der Waals surface area contributed by atoms with Crippen LogP contribution in [0.25, 0.3) is 0 Å². The van der Waals surface area contributed by atoms with Gasteiger partial charge in [0.15, 0.2) is 0 Å². The molecule has 0 aromatic heterocycles. The van der Waals surface area contributed by atoms with Gasteiger partial charge in [-0.1, -0.05) is 6.42 Å². The van der Waals surface area contributed by atoms with E-state index in [1.165, 1.54) is 19.0 Å². The molecule has 0 aliphatic carbocycles. The molecule has 0 saturated heterocycles. The maximum atomic E-state index is 9.91. The van der Waals surface area contributed by atoms with E-state index in [9.17, 15) is 4.79 Å². The van der Waals surface area contributed by atoms with Gasteiger partial charge in [-0.05, 0) is 32.3 Å². The quantitative estimate of drug-likeness (QED) is 0.331. The third-order valence-electron chi connectivity index (χ3n) is 1.43. The Labute approximate surface area is 65.0 Å². The second-order valence-corrected chi connectivity index (χ2v) is 5.43. The van der Waals surface area contributed by atoms with Crippen LogP contribution >= 0.6 is 7.92 Å². The van der Waals surface area contributed by atoms with Crippen molar-refractivity contribution in [3.63, 3.8) is 0 Å². The molecular formula is C8H17OP. The Balaban J connectivity index is 2.83. The van der Waals surface area contributed by atoms with Gasteiger partial charge in [-0.2, -0.15) is 0 Å². The predicted octanol–water partition coefficient (Wildman–Crippen LogP) is 2.49. The molecule has 0 bridgehead atoms. The fourth-order valence-corrected chi connectivity index (χ4v) is 1.69. The highest BCUT2D eigenvalue weighted by molar-refractivity contribution is 7.55. The van der Waals surface area contributed by atoms with E-state index < -0.39 is 0 Å². The Morgan fingerprint density at radius 3 is 2.40 bits per heavy atom. The topological polar surface area (TPSA) is 17.1 Å². The molecule has 0 atom stereocenters. The third-order valence-corrected chi connectivity index (χ3v) is 2.64. The first-order chi connectivity index (χ1) is 4.77. The molecule has 0 aliphatic heterocycles. The lowest BCUT2D eigenvalue weighted by molar-refractivity contribution is -0.107. The van der Waals surface area contributed by atoms with Crippen molar-refractivity contribution in [3.8, 4) is 0 Å². The van der Waals surface area contributed by atoms with Gasteiger partial charge in [0.25, 0.3) is 0 Å². The maximum Gasteiger partial charge on any atom is 0.119 e. The molecule has 0 saturated carbocycles. The summed E-state index contributed by atoms with van der Waals surface area (Å²) in [5, 5.41) is 0. The van der Waals surface area contributed by atoms with E-state index in [1.54, 1.807) is 0 Å². The first-order valence-electron chi connectivity index (χ1n) is 3.85. The van der Waals surface area contributed by atoms with Crippen LogP contribution in [0, 0.1) is 0 Å². The van der Waals surface area contributed by atoms with Gasteiger partial charge in [0.1, 0.15) is 6.29 Å². The van der Waals surface area contributed by atoms with Crippen LogP contribution < -0.4 is 0 Å². The average molecular weight is 160 g/mol. The summed E-state index contributed by atoms with van der Waals surface area (Å²) in [6.45, 7) is 4.60. The number of aldehydes is 1. The van der Waals surface area contributed by atoms with Gasteiger partial charge < -0.3 is 4.79 Å². The standard InChI is InChI=1S/C8H17OP/c1-10(2)8-6-4-3-5-7-9/h7H,3-6,8H2,1-2H3. The van der Waals surface area contributed by atoms with E-state index in [1.807, 2.05) is 0 Å². The van der Waals surface area contributed by atoms with E-state index >= 15 is 0 Å². The van der Waals surface area contributed by atoms with Crippen molar-refractivity contribution in [2.24, 2.45) is 0 Å². The zero-order valence-electron chi connectivity index (χ0n) is 6.97. The van der Waals surface area contributed by atoms with Crippen LogP contribution in [-0.4, -0.2) is 25.8 Å². The van der Waals surface area contributed by atoms with E-state index in [0.717, 1.165) is 19.1 Å². The summed E-state index contributed by atoms with van der Waals surface area (Å²) in [6.07, 6.45) is 6.78. The summed E-state index contributed by atoms with van der Waals surface area (Å²) in [5.74, 6) is 0. The van der Waals surface area contributed by atoms with Crippen LogP contribution in [-0.2, 0) is 4.79 Å². The maximum absolute atomic E-state index is 9.91. The fourth-order valence-electron chi connectivity index (χ4n) is 0.832. The van der Waals surface area contributed by atoms with Crippen molar-refractivity contribution < 1.29 is 4.79 Å². The largest absolute Gasteiger partial charge is 0.303 e. The highest BCUT2D eigenvalue weighted by Gasteiger charge is 1.92. The first kappa shape index (κ1) is 10.1. The first-order valence-corrected chi connectivity index (χ1v) is 6.28. The molecule has 2 heteroatoms. The Kier molecular flexibility index (Phi) is 7.28. The second kappa shape index (κ2) is 7.21. The molecule has 1 nitrogen and oxygen atoms in total. The van der Waals surface area contributed by atoms with Gasteiger partial charge in [0.05, 0.1) is 0 Å². The number of unbranched alkanes of at least 4 members (excludes halogenated alkanes) is 3. The molecule has 0 N–H and O–H groups in total. The van der Waals surface area contributed by atoms with E-state index in [0.29, 0.717) is 7.92 Å². The van der Waals surface area contributed by atoms with Gasteiger partial charge in [-0.25, -0.2) is 0 Å². The minimum absolute atomic E-state index is 0.290. The molecule has 10 heavy (non-hydrogen) atoms. The third kappa shape index (κ3) is 8.10. The molecular weight excluding hydrogens is 143 g/mol.